The highest BCUT2D eigenvalue weighted by Gasteiger charge is 2.18. The molecule has 1 aromatic carbocycles. The third-order valence-electron chi connectivity index (χ3n) is 4.97. The number of carbonyl (C=O) groups is 1. The SMILES string of the molecule is C[C@H](C(=O)Nc1ccc(N2CCCCC2)nc1)n1cnc2ccccc21. The molecule has 1 atom stereocenters. The number of pyridine rings is 1. The minimum atomic E-state index is -0.357. The van der Waals surface area contributed by atoms with Crippen LogP contribution in [0, 0.1) is 0 Å². The Morgan fingerprint density at radius 1 is 1.08 bits per heavy atom. The van der Waals surface area contributed by atoms with Gasteiger partial charge in [-0.05, 0) is 50.5 Å². The van der Waals surface area contributed by atoms with Gasteiger partial charge in [-0.25, -0.2) is 9.97 Å². The summed E-state index contributed by atoms with van der Waals surface area (Å²) in [5.74, 6) is 0.900. The van der Waals surface area contributed by atoms with Gasteiger partial charge >= 0.3 is 0 Å². The normalized spacial score (nSPS) is 15.8. The van der Waals surface area contributed by atoms with Crippen molar-refractivity contribution in [2.75, 3.05) is 23.3 Å². The maximum atomic E-state index is 12.6. The highest BCUT2D eigenvalue weighted by molar-refractivity contribution is 5.94. The van der Waals surface area contributed by atoms with Crippen molar-refractivity contribution >= 4 is 28.4 Å². The molecule has 0 radical (unpaired) electrons. The second kappa shape index (κ2) is 7.15. The predicted molar refractivity (Wildman–Crippen MR) is 103 cm³/mol. The van der Waals surface area contributed by atoms with Crippen molar-refractivity contribution in [3.05, 3.63) is 48.9 Å². The number of piperidine rings is 1. The number of carbonyl (C=O) groups excluding carboxylic acids is 1. The number of fused-ring (bicyclic) bond motifs is 1. The van der Waals surface area contributed by atoms with Crippen LogP contribution in [0.2, 0.25) is 0 Å². The number of amides is 1. The fourth-order valence-corrected chi connectivity index (χ4v) is 3.43. The molecule has 1 amide bonds. The number of rotatable bonds is 4. The molecule has 4 rings (SSSR count). The molecule has 0 spiro atoms. The number of anilines is 2. The number of imidazole rings is 1. The molecule has 2 aromatic heterocycles. The lowest BCUT2D eigenvalue weighted by molar-refractivity contribution is -0.118. The second-order valence-electron chi connectivity index (χ2n) is 6.76. The van der Waals surface area contributed by atoms with E-state index in [1.54, 1.807) is 12.5 Å². The number of nitrogens with one attached hydrogen (secondary N) is 1. The molecule has 1 aliphatic rings. The molecule has 0 bridgehead atoms. The van der Waals surface area contributed by atoms with E-state index in [-0.39, 0.29) is 11.9 Å². The van der Waals surface area contributed by atoms with Crippen molar-refractivity contribution in [1.82, 2.24) is 14.5 Å². The van der Waals surface area contributed by atoms with E-state index in [9.17, 15) is 4.79 Å². The van der Waals surface area contributed by atoms with Crippen molar-refractivity contribution < 1.29 is 4.79 Å². The van der Waals surface area contributed by atoms with Gasteiger partial charge in [0, 0.05) is 13.1 Å². The van der Waals surface area contributed by atoms with Gasteiger partial charge in [0.05, 0.1) is 29.2 Å². The number of hydrogen-bond acceptors (Lipinski definition) is 4. The number of aromatic nitrogens is 3. The van der Waals surface area contributed by atoms with Crippen LogP contribution in [-0.4, -0.2) is 33.5 Å². The largest absolute Gasteiger partial charge is 0.357 e. The Bertz CT molecular complexity index is 896. The maximum Gasteiger partial charge on any atom is 0.247 e. The minimum absolute atomic E-state index is 0.0827. The number of para-hydroxylation sites is 2. The Hall–Kier alpha value is -2.89. The smallest absolute Gasteiger partial charge is 0.247 e. The Morgan fingerprint density at radius 3 is 2.65 bits per heavy atom. The second-order valence-corrected chi connectivity index (χ2v) is 6.76. The van der Waals surface area contributed by atoms with Crippen molar-refractivity contribution in [3.63, 3.8) is 0 Å². The van der Waals surface area contributed by atoms with Crippen molar-refractivity contribution in [3.8, 4) is 0 Å². The van der Waals surface area contributed by atoms with Crippen molar-refractivity contribution in [2.24, 2.45) is 0 Å². The topological polar surface area (TPSA) is 63.1 Å². The number of nitrogens with zero attached hydrogens (tertiary/aromatic N) is 4. The third kappa shape index (κ3) is 3.27. The Balaban J connectivity index is 1.45. The van der Waals surface area contributed by atoms with Gasteiger partial charge in [-0.2, -0.15) is 0 Å². The van der Waals surface area contributed by atoms with E-state index >= 15 is 0 Å². The first-order valence-electron chi connectivity index (χ1n) is 9.16. The van der Waals surface area contributed by atoms with Crippen LogP contribution in [0.1, 0.15) is 32.2 Å². The van der Waals surface area contributed by atoms with E-state index in [2.05, 4.69) is 20.2 Å². The molecule has 0 unspecified atom stereocenters. The summed E-state index contributed by atoms with van der Waals surface area (Å²) >= 11 is 0. The van der Waals surface area contributed by atoms with Crippen LogP contribution >= 0.6 is 0 Å². The van der Waals surface area contributed by atoms with Gasteiger partial charge in [0.25, 0.3) is 0 Å². The van der Waals surface area contributed by atoms with Crippen molar-refractivity contribution in [2.45, 2.75) is 32.2 Å². The summed E-state index contributed by atoms with van der Waals surface area (Å²) in [7, 11) is 0. The lowest BCUT2D eigenvalue weighted by Gasteiger charge is -2.27. The van der Waals surface area contributed by atoms with E-state index in [1.807, 2.05) is 47.9 Å². The van der Waals surface area contributed by atoms with Gasteiger partial charge < -0.3 is 14.8 Å². The molecular formula is C20H23N5O. The van der Waals surface area contributed by atoms with E-state index < -0.39 is 0 Å². The zero-order valence-corrected chi connectivity index (χ0v) is 14.9. The summed E-state index contributed by atoms with van der Waals surface area (Å²) in [5, 5.41) is 2.96. The summed E-state index contributed by atoms with van der Waals surface area (Å²) < 4.78 is 1.89. The van der Waals surface area contributed by atoms with Gasteiger partial charge in [0.1, 0.15) is 11.9 Å². The molecule has 0 saturated carbocycles. The quantitative estimate of drug-likeness (QED) is 0.781. The average molecular weight is 349 g/mol. The third-order valence-corrected chi connectivity index (χ3v) is 4.97. The fraction of sp³-hybridized carbons (Fsp3) is 0.350. The van der Waals surface area contributed by atoms with Gasteiger partial charge in [0.2, 0.25) is 5.91 Å². The predicted octanol–water partition coefficient (Wildman–Crippen LogP) is 3.62. The zero-order valence-electron chi connectivity index (χ0n) is 14.9. The van der Waals surface area contributed by atoms with Crippen LogP contribution in [0.25, 0.3) is 11.0 Å². The summed E-state index contributed by atoms with van der Waals surface area (Å²) in [5.41, 5.74) is 2.56. The van der Waals surface area contributed by atoms with Gasteiger partial charge in [-0.15, -0.1) is 0 Å². The molecule has 6 heteroatoms. The Kier molecular flexibility index (Phi) is 4.56. The van der Waals surface area contributed by atoms with Crippen LogP contribution in [0.3, 0.4) is 0 Å². The first-order valence-corrected chi connectivity index (χ1v) is 9.16. The molecule has 1 fully saturated rings. The standard InChI is InChI=1S/C20H23N5O/c1-15(25-14-22-17-7-3-4-8-18(17)25)20(26)23-16-9-10-19(21-13-16)24-11-5-2-6-12-24/h3-4,7-10,13-15H,2,5-6,11-12H2,1H3,(H,23,26)/t15-/m1/s1. The molecule has 26 heavy (non-hydrogen) atoms. The lowest BCUT2D eigenvalue weighted by Crippen LogP contribution is -2.30. The Labute approximate surface area is 152 Å². The number of hydrogen-bond donors (Lipinski definition) is 1. The van der Waals surface area contributed by atoms with Gasteiger partial charge in [-0.1, -0.05) is 12.1 Å². The summed E-state index contributed by atoms with van der Waals surface area (Å²) in [4.78, 5) is 23.8. The summed E-state index contributed by atoms with van der Waals surface area (Å²) in [6, 6.07) is 11.4. The molecule has 1 saturated heterocycles. The highest BCUT2D eigenvalue weighted by atomic mass is 16.2. The lowest BCUT2D eigenvalue weighted by atomic mass is 10.1. The number of benzene rings is 1. The molecule has 134 valence electrons. The highest BCUT2D eigenvalue weighted by Crippen LogP contribution is 2.21. The van der Waals surface area contributed by atoms with E-state index in [0.29, 0.717) is 5.69 Å². The van der Waals surface area contributed by atoms with Crippen LogP contribution in [0.15, 0.2) is 48.9 Å². The van der Waals surface area contributed by atoms with Gasteiger partial charge in [-0.3, -0.25) is 4.79 Å². The van der Waals surface area contributed by atoms with Crippen LogP contribution in [-0.2, 0) is 4.79 Å². The molecule has 1 aliphatic heterocycles. The monoisotopic (exact) mass is 349 g/mol. The van der Waals surface area contributed by atoms with Gasteiger partial charge in [0.15, 0.2) is 0 Å². The fourth-order valence-electron chi connectivity index (χ4n) is 3.43. The van der Waals surface area contributed by atoms with E-state index in [4.69, 9.17) is 0 Å². The van der Waals surface area contributed by atoms with E-state index in [0.717, 1.165) is 29.9 Å². The first kappa shape index (κ1) is 16.6. The van der Waals surface area contributed by atoms with Crippen LogP contribution in [0.5, 0.6) is 0 Å². The van der Waals surface area contributed by atoms with Crippen molar-refractivity contribution in [1.29, 1.82) is 0 Å². The maximum absolute atomic E-state index is 12.6. The summed E-state index contributed by atoms with van der Waals surface area (Å²) in [6.07, 6.45) is 7.19. The average Bonchev–Trinajstić information content (AvgIpc) is 3.13. The van der Waals surface area contributed by atoms with E-state index in [1.165, 1.54) is 19.3 Å². The molecule has 6 nitrogen and oxygen atoms in total. The Morgan fingerprint density at radius 2 is 1.88 bits per heavy atom. The van der Waals surface area contributed by atoms with Crippen LogP contribution < -0.4 is 10.2 Å². The molecule has 3 aromatic rings. The molecular weight excluding hydrogens is 326 g/mol. The molecule has 1 N–H and O–H groups in total. The first-order chi connectivity index (χ1) is 12.7. The zero-order chi connectivity index (χ0) is 17.9. The molecule has 0 aliphatic carbocycles. The minimum Gasteiger partial charge on any atom is -0.357 e. The van der Waals surface area contributed by atoms with Crippen LogP contribution in [0.4, 0.5) is 11.5 Å². The summed E-state index contributed by atoms with van der Waals surface area (Å²) in [6.45, 7) is 3.99. The molecule has 3 heterocycles.